The van der Waals surface area contributed by atoms with Crippen LogP contribution in [0.1, 0.15) is 87.9 Å². The number of carboxylic acid groups (broad SMARTS) is 1. The van der Waals surface area contributed by atoms with Crippen LogP contribution in [0.5, 0.6) is 23.0 Å². The summed E-state index contributed by atoms with van der Waals surface area (Å²) in [6.07, 6.45) is 7.47. The van der Waals surface area contributed by atoms with E-state index in [1.807, 2.05) is 61.6 Å². The molecule has 6 bridgehead atoms. The Labute approximate surface area is 413 Å². The van der Waals surface area contributed by atoms with Crippen LogP contribution in [0.2, 0.25) is 0 Å². The molecule has 0 fully saturated rings. The van der Waals surface area contributed by atoms with Crippen LogP contribution < -0.4 is 29.6 Å². The molecule has 3 N–H and O–H groups in total. The molecule has 4 aromatic carbocycles. The Hall–Kier alpha value is -9.18. The molecule has 0 saturated heterocycles. The summed E-state index contributed by atoms with van der Waals surface area (Å²) in [4.78, 5) is 68.7. The molecule has 0 radical (unpaired) electrons. The highest BCUT2D eigenvalue weighted by Gasteiger charge is 2.28. The second-order valence-corrected chi connectivity index (χ2v) is 16.2. The van der Waals surface area contributed by atoms with E-state index < -0.39 is 29.8 Å². The summed E-state index contributed by atoms with van der Waals surface area (Å²) in [7, 11) is 9.94. The molecule has 72 heavy (non-hydrogen) atoms. The lowest BCUT2D eigenvalue weighted by Crippen LogP contribution is -2.22. The summed E-state index contributed by atoms with van der Waals surface area (Å²) in [5.41, 5.74) is 7.85. The number of aromatic carboxylic acids is 1. The first-order valence-electron chi connectivity index (χ1n) is 22.4. The van der Waals surface area contributed by atoms with Crippen LogP contribution in [0.15, 0.2) is 137 Å². The maximum Gasteiger partial charge on any atom is 0.337 e. The summed E-state index contributed by atoms with van der Waals surface area (Å²) >= 11 is 0. The molecule has 6 aromatic rings. The van der Waals surface area contributed by atoms with Gasteiger partial charge in [-0.25, -0.2) is 24.2 Å². The largest absolute Gasteiger partial charge is 0.496 e. The number of hydrogen-bond donors (Lipinski definition) is 3. The van der Waals surface area contributed by atoms with E-state index >= 15 is 0 Å². The summed E-state index contributed by atoms with van der Waals surface area (Å²) in [5.74, 6) is -1.90. The highest BCUT2D eigenvalue weighted by molar-refractivity contribution is 6.31. The average Bonchev–Trinajstić information content (AvgIpc) is 4.21. The zero-order chi connectivity index (χ0) is 51.2. The van der Waals surface area contributed by atoms with Crippen LogP contribution in [-0.2, 0) is 14.2 Å². The number of aromatic nitrogens is 2. The van der Waals surface area contributed by atoms with Crippen LogP contribution >= 0.6 is 0 Å². The zero-order valence-corrected chi connectivity index (χ0v) is 40.7. The molecule has 8 rings (SSSR count). The number of esters is 3. The predicted octanol–water partition coefficient (Wildman–Crippen LogP) is 7.47. The van der Waals surface area contributed by atoms with Gasteiger partial charge in [0.05, 0.1) is 95.7 Å². The number of H-pyrrole nitrogens is 2. The molecule has 16 heteroatoms. The van der Waals surface area contributed by atoms with E-state index in [0.717, 1.165) is 0 Å². The Kier molecular flexibility index (Phi) is 14.5. The number of carboxylic acids is 1. The third-order valence-electron chi connectivity index (χ3n) is 12.3. The van der Waals surface area contributed by atoms with Crippen LogP contribution in [0.4, 0.5) is 0 Å². The number of fused-ring (bicyclic) bond motifs is 5. The summed E-state index contributed by atoms with van der Waals surface area (Å²) < 4.78 is 39.0. The van der Waals surface area contributed by atoms with Gasteiger partial charge in [-0.3, -0.25) is 4.99 Å². The van der Waals surface area contributed by atoms with Crippen molar-refractivity contribution in [2.75, 3.05) is 56.3 Å². The number of nitrogens with zero attached hydrogens (tertiary/aromatic N) is 2. The Morgan fingerprint density at radius 2 is 1.07 bits per heavy atom. The van der Waals surface area contributed by atoms with Gasteiger partial charge in [-0.05, 0) is 116 Å². The van der Waals surface area contributed by atoms with Crippen molar-refractivity contribution in [1.29, 1.82) is 0 Å². The summed E-state index contributed by atoms with van der Waals surface area (Å²) in [5, 5.41) is 11.2. The van der Waals surface area contributed by atoms with E-state index in [0.29, 0.717) is 95.4 Å². The standard InChI is InChI=1S/C56H50N4O12/c1-9-10-40-50(35-17-13-32(55(64)71-7)27-48(35)68-4)41-21-22-44(59-41)52(37-18-14-33(56(65)72-8)28-49(37)69-5)45-24-23-43(60-45)51(36-16-11-30(53(61)62)25-47(36)67-3)42-20-19-39(58-42)38(29-57-40)34-15-12-31(54(63)70-6)26-46(34)66-2/h9-28,38,58-59H,29H2,1-8H3,(H,61,62)/b10-9-,50-41-,51-43-,52-44-,57-40?. The predicted molar refractivity (Wildman–Crippen MR) is 270 cm³/mol. The maximum absolute atomic E-state index is 12.8. The lowest BCUT2D eigenvalue weighted by Gasteiger charge is -2.20. The first-order valence-corrected chi connectivity index (χ1v) is 22.4. The van der Waals surface area contributed by atoms with E-state index in [4.69, 9.17) is 43.1 Å². The quantitative estimate of drug-likeness (QED) is 0.0761. The highest BCUT2D eigenvalue weighted by atomic mass is 16.5. The molecule has 1 unspecified atom stereocenters. The molecule has 4 heterocycles. The third-order valence-corrected chi connectivity index (χ3v) is 12.3. The molecule has 0 amide bonds. The van der Waals surface area contributed by atoms with E-state index in [2.05, 4.69) is 9.97 Å². The maximum atomic E-state index is 12.8. The molecule has 0 aliphatic carbocycles. The number of nitrogens with one attached hydrogen (secondary N) is 2. The molecule has 0 spiro atoms. The number of aliphatic imine (C=N–C) groups is 2. The molecule has 16 nitrogen and oxygen atoms in total. The van der Waals surface area contributed by atoms with Crippen molar-refractivity contribution < 1.29 is 57.4 Å². The van der Waals surface area contributed by atoms with Gasteiger partial charge in [0.1, 0.15) is 23.0 Å². The van der Waals surface area contributed by atoms with Gasteiger partial charge < -0.3 is 48.2 Å². The Balaban J connectivity index is 1.53. The fourth-order valence-electron chi connectivity index (χ4n) is 8.84. The van der Waals surface area contributed by atoms with Crippen molar-refractivity contribution in [2.45, 2.75) is 12.8 Å². The number of carbonyl (C=O) groups excluding carboxylic acids is 3. The van der Waals surface area contributed by atoms with Crippen molar-refractivity contribution in [3.63, 3.8) is 0 Å². The second kappa shape index (κ2) is 21.2. The molecule has 2 aliphatic heterocycles. The minimum Gasteiger partial charge on any atom is -0.496 e. The normalized spacial score (nSPS) is 16.9. The average molecular weight is 971 g/mol. The van der Waals surface area contributed by atoms with Crippen molar-refractivity contribution >= 4 is 52.0 Å². The van der Waals surface area contributed by atoms with E-state index in [-0.39, 0.29) is 34.5 Å². The number of ether oxygens (including phenoxy) is 7. The molecule has 1 atom stereocenters. The minimum absolute atomic E-state index is 0.0268. The Morgan fingerprint density at radius 3 is 1.61 bits per heavy atom. The molecule has 2 aliphatic rings. The number of carbonyl (C=O) groups is 4. The van der Waals surface area contributed by atoms with Gasteiger partial charge in [0, 0.05) is 67.0 Å². The van der Waals surface area contributed by atoms with Crippen LogP contribution in [-0.4, -0.2) is 107 Å². The van der Waals surface area contributed by atoms with E-state index in [9.17, 15) is 24.3 Å². The summed E-state index contributed by atoms with van der Waals surface area (Å²) in [6, 6.07) is 27.5. The lowest BCUT2D eigenvalue weighted by atomic mass is 9.93. The second-order valence-electron chi connectivity index (χ2n) is 16.2. The van der Waals surface area contributed by atoms with Crippen LogP contribution in [0, 0.1) is 0 Å². The topological polar surface area (TPSA) is 209 Å². The van der Waals surface area contributed by atoms with Gasteiger partial charge >= 0.3 is 23.9 Å². The molecule has 2 aromatic heterocycles. The summed E-state index contributed by atoms with van der Waals surface area (Å²) in [6.45, 7) is 1.99. The lowest BCUT2D eigenvalue weighted by molar-refractivity contribution is 0.0591. The van der Waals surface area contributed by atoms with Crippen molar-refractivity contribution in [3.8, 4) is 23.0 Å². The van der Waals surface area contributed by atoms with Gasteiger partial charge in [-0.15, -0.1) is 0 Å². The van der Waals surface area contributed by atoms with Crippen LogP contribution in [0.25, 0.3) is 16.7 Å². The van der Waals surface area contributed by atoms with Crippen molar-refractivity contribution in [2.24, 2.45) is 9.98 Å². The minimum atomic E-state index is -1.12. The third kappa shape index (κ3) is 9.44. The number of methoxy groups -OCH3 is 7. The van der Waals surface area contributed by atoms with Gasteiger partial charge in [0.2, 0.25) is 0 Å². The number of hydrogen-bond acceptors (Lipinski definition) is 13. The molecule has 0 saturated carbocycles. The fourth-order valence-corrected chi connectivity index (χ4v) is 8.84. The SMILES string of the molecule is C/C=C\C1=NCC(c2ccc(C(=O)OC)cc2OC)c2ccc([nH]2)/C(c2ccc(C(=O)O)cc2OC)=C2/C=CC(=N2)/C(c2ccc(C(=O)OC)cc2OC)=c2/cc/c([nH]2)=C/1c1ccc(C(=O)OC)cc1OC. The number of rotatable bonds is 13. The fraction of sp³-hybridized carbons (Fsp3) is 0.179. The number of aromatic amines is 2. The molecular formula is C56H50N4O12. The Morgan fingerprint density at radius 1 is 0.569 bits per heavy atom. The van der Waals surface area contributed by atoms with Gasteiger partial charge in [-0.2, -0.15) is 0 Å². The van der Waals surface area contributed by atoms with Crippen molar-refractivity contribution in [1.82, 2.24) is 9.97 Å². The number of allylic oxidation sites excluding steroid dienone is 4. The molecular weight excluding hydrogens is 921 g/mol. The van der Waals surface area contributed by atoms with Gasteiger partial charge in [0.15, 0.2) is 0 Å². The first kappa shape index (κ1) is 49.2. The Bertz CT molecular complexity index is 3460. The van der Waals surface area contributed by atoms with Gasteiger partial charge in [0.25, 0.3) is 0 Å². The first-order chi connectivity index (χ1) is 34.9. The highest BCUT2D eigenvalue weighted by Crippen LogP contribution is 2.40. The van der Waals surface area contributed by atoms with E-state index in [1.54, 1.807) is 54.6 Å². The van der Waals surface area contributed by atoms with Crippen LogP contribution in [0.3, 0.4) is 0 Å². The smallest absolute Gasteiger partial charge is 0.337 e. The molecule has 366 valence electrons. The van der Waals surface area contributed by atoms with E-state index in [1.165, 1.54) is 61.9 Å². The zero-order valence-electron chi connectivity index (χ0n) is 40.7. The number of benzene rings is 4. The monoisotopic (exact) mass is 970 g/mol. The van der Waals surface area contributed by atoms with Crippen molar-refractivity contribution in [3.05, 3.63) is 194 Å². The van der Waals surface area contributed by atoms with Gasteiger partial charge in [-0.1, -0.05) is 12.1 Å².